The van der Waals surface area contributed by atoms with Gasteiger partial charge in [0.25, 0.3) is 0 Å². The second-order valence-corrected chi connectivity index (χ2v) is 8.76. The number of pyridine rings is 1. The largest absolute Gasteiger partial charge is 0.444 e. The topological polar surface area (TPSA) is 83.6 Å². The van der Waals surface area contributed by atoms with Crippen LogP contribution in [0.25, 0.3) is 0 Å². The molecule has 1 unspecified atom stereocenters. The van der Waals surface area contributed by atoms with E-state index in [1.807, 2.05) is 33.0 Å². The van der Waals surface area contributed by atoms with E-state index in [4.69, 9.17) is 4.74 Å². The molecule has 0 aromatic carbocycles. The number of carbonyl (C=O) groups excluding carboxylic acids is 2. The van der Waals surface area contributed by atoms with Gasteiger partial charge in [-0.15, -0.1) is 0 Å². The van der Waals surface area contributed by atoms with E-state index in [0.717, 1.165) is 38.6 Å². The van der Waals surface area contributed by atoms with Gasteiger partial charge in [-0.25, -0.2) is 9.78 Å². The lowest BCUT2D eigenvalue weighted by atomic mass is 10.1. The SMILES string of the molecule is CN1CCCC1c1ccc(NC(=O)CCCCCCNC(=O)OC(C)(C)C)nc1. The third-order valence-electron chi connectivity index (χ3n) is 4.96. The first-order valence-corrected chi connectivity index (χ1v) is 10.7. The number of carbonyl (C=O) groups is 2. The number of hydrogen-bond donors (Lipinski definition) is 2. The molecule has 29 heavy (non-hydrogen) atoms. The molecule has 1 aliphatic heterocycles. The number of hydrogen-bond acceptors (Lipinski definition) is 5. The molecule has 1 atom stereocenters. The van der Waals surface area contributed by atoms with Gasteiger partial charge in [-0.2, -0.15) is 0 Å². The monoisotopic (exact) mass is 404 g/mol. The fourth-order valence-electron chi connectivity index (χ4n) is 3.48. The summed E-state index contributed by atoms with van der Waals surface area (Å²) in [7, 11) is 2.14. The molecule has 2 rings (SSSR count). The third kappa shape index (κ3) is 8.81. The van der Waals surface area contributed by atoms with Crippen LogP contribution in [0.15, 0.2) is 18.3 Å². The highest BCUT2D eigenvalue weighted by Gasteiger charge is 2.22. The summed E-state index contributed by atoms with van der Waals surface area (Å²) in [5.41, 5.74) is 0.738. The van der Waals surface area contributed by atoms with Crippen LogP contribution < -0.4 is 10.6 Å². The zero-order valence-electron chi connectivity index (χ0n) is 18.3. The van der Waals surface area contributed by atoms with Gasteiger partial charge in [0.05, 0.1) is 0 Å². The van der Waals surface area contributed by atoms with Crippen LogP contribution in [0.4, 0.5) is 10.6 Å². The molecule has 0 aliphatic carbocycles. The fraction of sp³-hybridized carbons (Fsp3) is 0.682. The van der Waals surface area contributed by atoms with Crippen molar-refractivity contribution in [2.24, 2.45) is 0 Å². The van der Waals surface area contributed by atoms with Crippen LogP contribution in [0.5, 0.6) is 0 Å². The molecule has 1 fully saturated rings. The molecule has 7 nitrogen and oxygen atoms in total. The van der Waals surface area contributed by atoms with E-state index in [2.05, 4.69) is 33.6 Å². The number of aromatic nitrogens is 1. The second kappa shape index (κ2) is 11.1. The normalized spacial score (nSPS) is 17.2. The summed E-state index contributed by atoms with van der Waals surface area (Å²) in [4.78, 5) is 30.4. The number of rotatable bonds is 9. The molecule has 0 spiro atoms. The minimum atomic E-state index is -0.473. The van der Waals surface area contributed by atoms with Crippen molar-refractivity contribution in [3.05, 3.63) is 23.9 Å². The maximum absolute atomic E-state index is 12.1. The van der Waals surface area contributed by atoms with E-state index in [1.165, 1.54) is 12.0 Å². The number of alkyl carbamates (subject to hydrolysis) is 1. The van der Waals surface area contributed by atoms with Crippen LogP contribution in [-0.4, -0.2) is 47.6 Å². The maximum atomic E-state index is 12.1. The first-order chi connectivity index (χ1) is 13.7. The summed E-state index contributed by atoms with van der Waals surface area (Å²) in [6, 6.07) is 4.39. The fourth-order valence-corrected chi connectivity index (χ4v) is 3.48. The Morgan fingerprint density at radius 3 is 2.59 bits per heavy atom. The lowest BCUT2D eigenvalue weighted by Crippen LogP contribution is -2.32. The van der Waals surface area contributed by atoms with Gasteiger partial charge >= 0.3 is 6.09 Å². The second-order valence-electron chi connectivity index (χ2n) is 8.76. The predicted molar refractivity (Wildman–Crippen MR) is 115 cm³/mol. The third-order valence-corrected chi connectivity index (χ3v) is 4.96. The average molecular weight is 405 g/mol. The number of nitrogens with zero attached hydrogens (tertiary/aromatic N) is 2. The standard InChI is InChI=1S/C22H36N4O3/c1-22(2,3)29-21(28)23-14-8-6-5-7-11-20(27)25-19-13-12-17(16-24-19)18-10-9-15-26(18)4/h12-13,16,18H,5-11,14-15H2,1-4H3,(H,23,28)(H,24,25,27). The number of amides is 2. The highest BCUT2D eigenvalue weighted by Crippen LogP contribution is 2.30. The van der Waals surface area contributed by atoms with Crippen LogP contribution in [0.1, 0.15) is 77.3 Å². The first-order valence-electron chi connectivity index (χ1n) is 10.7. The van der Waals surface area contributed by atoms with Crippen molar-refractivity contribution in [3.63, 3.8) is 0 Å². The van der Waals surface area contributed by atoms with Gasteiger partial charge in [0, 0.05) is 25.2 Å². The van der Waals surface area contributed by atoms with Gasteiger partial charge in [0.1, 0.15) is 11.4 Å². The Kier molecular flexibility index (Phi) is 8.89. The van der Waals surface area contributed by atoms with E-state index in [-0.39, 0.29) is 12.0 Å². The van der Waals surface area contributed by atoms with E-state index in [0.29, 0.717) is 24.8 Å². The summed E-state index contributed by atoms with van der Waals surface area (Å²) in [5, 5.41) is 5.62. The molecule has 1 aliphatic rings. The van der Waals surface area contributed by atoms with Crippen LogP contribution in [0, 0.1) is 0 Å². The molecule has 0 bridgehead atoms. The van der Waals surface area contributed by atoms with Gasteiger partial charge in [0.2, 0.25) is 5.91 Å². The molecule has 162 valence electrons. The summed E-state index contributed by atoms with van der Waals surface area (Å²) in [6.07, 6.45) is 7.97. The molecule has 2 heterocycles. The molecule has 1 saturated heterocycles. The van der Waals surface area contributed by atoms with Gasteiger partial charge < -0.3 is 15.4 Å². The zero-order valence-corrected chi connectivity index (χ0v) is 18.3. The minimum absolute atomic E-state index is 0.00452. The van der Waals surface area contributed by atoms with E-state index >= 15 is 0 Å². The average Bonchev–Trinajstić information content (AvgIpc) is 3.06. The van der Waals surface area contributed by atoms with Crippen molar-refractivity contribution in [3.8, 4) is 0 Å². The number of unbranched alkanes of at least 4 members (excludes halogenated alkanes) is 3. The summed E-state index contributed by atoms with van der Waals surface area (Å²) in [5.74, 6) is 0.607. The maximum Gasteiger partial charge on any atom is 0.407 e. The lowest BCUT2D eigenvalue weighted by molar-refractivity contribution is -0.116. The van der Waals surface area contributed by atoms with Gasteiger partial charge in [0.15, 0.2) is 0 Å². The van der Waals surface area contributed by atoms with Gasteiger partial charge in [-0.05, 0) is 71.7 Å². The number of ether oxygens (including phenoxy) is 1. The molecule has 2 N–H and O–H groups in total. The Morgan fingerprint density at radius 1 is 1.21 bits per heavy atom. The number of likely N-dealkylation sites (tertiary alicyclic amines) is 1. The van der Waals surface area contributed by atoms with Crippen molar-refractivity contribution in [1.82, 2.24) is 15.2 Å². The van der Waals surface area contributed by atoms with Crippen molar-refractivity contribution in [2.45, 2.75) is 77.4 Å². The molecule has 2 amide bonds. The minimum Gasteiger partial charge on any atom is -0.444 e. The Hall–Kier alpha value is -2.15. The molecular formula is C22H36N4O3. The van der Waals surface area contributed by atoms with Gasteiger partial charge in [-0.3, -0.25) is 9.69 Å². The number of nitrogens with one attached hydrogen (secondary N) is 2. The Morgan fingerprint density at radius 2 is 1.97 bits per heavy atom. The molecule has 1 aromatic rings. The molecular weight excluding hydrogens is 368 g/mol. The van der Waals surface area contributed by atoms with Crippen LogP contribution >= 0.6 is 0 Å². The Bertz CT molecular complexity index is 655. The lowest BCUT2D eigenvalue weighted by Gasteiger charge is -2.19. The quantitative estimate of drug-likeness (QED) is 0.601. The summed E-state index contributed by atoms with van der Waals surface area (Å²) >= 11 is 0. The molecule has 7 heteroatoms. The highest BCUT2D eigenvalue weighted by molar-refractivity contribution is 5.89. The zero-order chi connectivity index (χ0) is 21.3. The summed E-state index contributed by atoms with van der Waals surface area (Å²) in [6.45, 7) is 7.25. The van der Waals surface area contributed by atoms with E-state index < -0.39 is 5.60 Å². The number of anilines is 1. The van der Waals surface area contributed by atoms with Crippen LogP contribution in [0.2, 0.25) is 0 Å². The smallest absolute Gasteiger partial charge is 0.407 e. The van der Waals surface area contributed by atoms with Crippen molar-refractivity contribution < 1.29 is 14.3 Å². The van der Waals surface area contributed by atoms with Crippen LogP contribution in [0.3, 0.4) is 0 Å². The van der Waals surface area contributed by atoms with Crippen molar-refractivity contribution >= 4 is 17.8 Å². The van der Waals surface area contributed by atoms with Gasteiger partial charge in [-0.1, -0.05) is 18.9 Å². The first kappa shape index (κ1) is 23.1. The predicted octanol–water partition coefficient (Wildman–Crippen LogP) is 4.26. The van der Waals surface area contributed by atoms with Crippen molar-refractivity contribution in [1.29, 1.82) is 0 Å². The molecule has 0 radical (unpaired) electrons. The van der Waals surface area contributed by atoms with Crippen molar-refractivity contribution in [2.75, 3.05) is 25.5 Å². The molecule has 0 saturated carbocycles. The van der Waals surface area contributed by atoms with Crippen LogP contribution in [-0.2, 0) is 9.53 Å². The summed E-state index contributed by atoms with van der Waals surface area (Å²) < 4.78 is 5.18. The van der Waals surface area contributed by atoms with E-state index in [9.17, 15) is 9.59 Å². The Labute approximate surface area is 174 Å². The molecule has 1 aromatic heterocycles. The Balaban J connectivity index is 1.55. The van der Waals surface area contributed by atoms with E-state index in [1.54, 1.807) is 0 Å². The highest BCUT2D eigenvalue weighted by atomic mass is 16.6.